The molecular formula is C15H25NOS. The lowest BCUT2D eigenvalue weighted by Gasteiger charge is -2.34. The SMILES string of the molecule is CC(C)C(NCC1(O)CCCCC1)c1cccs1. The summed E-state index contributed by atoms with van der Waals surface area (Å²) in [5, 5.41) is 16.3. The quantitative estimate of drug-likeness (QED) is 0.852. The van der Waals surface area contributed by atoms with E-state index in [1.807, 2.05) is 0 Å². The average Bonchev–Trinajstić information content (AvgIpc) is 2.83. The molecule has 1 heterocycles. The van der Waals surface area contributed by atoms with Crippen molar-refractivity contribution in [1.82, 2.24) is 5.32 Å². The minimum absolute atomic E-state index is 0.371. The van der Waals surface area contributed by atoms with Crippen molar-refractivity contribution in [2.75, 3.05) is 6.54 Å². The number of thiophene rings is 1. The molecule has 0 spiro atoms. The maximum atomic E-state index is 10.5. The van der Waals surface area contributed by atoms with E-state index < -0.39 is 5.60 Å². The fourth-order valence-corrected chi connectivity index (χ4v) is 3.79. The van der Waals surface area contributed by atoms with Crippen molar-refractivity contribution in [3.8, 4) is 0 Å². The molecule has 2 rings (SSSR count). The van der Waals surface area contributed by atoms with Gasteiger partial charge in [-0.3, -0.25) is 0 Å². The Morgan fingerprint density at radius 2 is 2.06 bits per heavy atom. The molecule has 0 bridgehead atoms. The lowest BCUT2D eigenvalue weighted by atomic mass is 9.84. The van der Waals surface area contributed by atoms with Gasteiger partial charge in [0.05, 0.1) is 5.60 Å². The van der Waals surface area contributed by atoms with E-state index in [4.69, 9.17) is 0 Å². The first-order chi connectivity index (χ1) is 8.61. The third-order valence-corrected chi connectivity index (χ3v) is 4.91. The van der Waals surface area contributed by atoms with Crippen LogP contribution >= 0.6 is 11.3 Å². The molecular weight excluding hydrogens is 242 g/mol. The molecule has 1 aromatic heterocycles. The lowest BCUT2D eigenvalue weighted by molar-refractivity contribution is 0.00148. The lowest BCUT2D eigenvalue weighted by Crippen LogP contribution is -2.44. The molecule has 0 amide bonds. The minimum Gasteiger partial charge on any atom is -0.389 e. The zero-order valence-electron chi connectivity index (χ0n) is 11.5. The first-order valence-electron chi connectivity index (χ1n) is 7.10. The number of nitrogens with one attached hydrogen (secondary N) is 1. The second kappa shape index (κ2) is 6.18. The molecule has 1 saturated carbocycles. The predicted molar refractivity (Wildman–Crippen MR) is 77.9 cm³/mol. The summed E-state index contributed by atoms with van der Waals surface area (Å²) in [5.41, 5.74) is -0.470. The highest BCUT2D eigenvalue weighted by Crippen LogP contribution is 2.30. The molecule has 0 aromatic carbocycles. The topological polar surface area (TPSA) is 32.3 Å². The molecule has 1 aliphatic rings. The summed E-state index contributed by atoms with van der Waals surface area (Å²) in [4.78, 5) is 1.38. The number of hydrogen-bond donors (Lipinski definition) is 2. The second-order valence-electron chi connectivity index (χ2n) is 5.90. The van der Waals surface area contributed by atoms with Gasteiger partial charge in [-0.15, -0.1) is 11.3 Å². The predicted octanol–water partition coefficient (Wildman–Crippen LogP) is 3.73. The summed E-state index contributed by atoms with van der Waals surface area (Å²) in [6, 6.07) is 4.66. The Kier molecular flexibility index (Phi) is 4.82. The largest absolute Gasteiger partial charge is 0.389 e. The third kappa shape index (κ3) is 3.56. The van der Waals surface area contributed by atoms with Crippen LogP contribution in [0.15, 0.2) is 17.5 Å². The zero-order valence-corrected chi connectivity index (χ0v) is 12.3. The first-order valence-corrected chi connectivity index (χ1v) is 7.98. The van der Waals surface area contributed by atoms with Crippen molar-refractivity contribution in [2.24, 2.45) is 5.92 Å². The van der Waals surface area contributed by atoms with Gasteiger partial charge in [-0.2, -0.15) is 0 Å². The van der Waals surface area contributed by atoms with E-state index in [-0.39, 0.29) is 0 Å². The standard InChI is InChI=1S/C15H25NOS/c1-12(2)14(13-7-6-10-18-13)16-11-15(17)8-4-3-5-9-15/h6-7,10,12,14,16-17H,3-5,8-9,11H2,1-2H3. The van der Waals surface area contributed by atoms with Crippen LogP contribution in [0.5, 0.6) is 0 Å². The second-order valence-corrected chi connectivity index (χ2v) is 6.88. The Bertz CT molecular complexity index is 341. The van der Waals surface area contributed by atoms with Crippen LogP contribution in [0.4, 0.5) is 0 Å². The smallest absolute Gasteiger partial charge is 0.0771 e. The Labute approximate surface area is 114 Å². The molecule has 0 aliphatic heterocycles. The molecule has 1 unspecified atom stereocenters. The van der Waals surface area contributed by atoms with Gasteiger partial charge in [-0.25, -0.2) is 0 Å². The van der Waals surface area contributed by atoms with Crippen LogP contribution in [0.2, 0.25) is 0 Å². The van der Waals surface area contributed by atoms with Crippen LogP contribution in [0.1, 0.15) is 56.9 Å². The van der Waals surface area contributed by atoms with Gasteiger partial charge < -0.3 is 10.4 Å². The van der Waals surface area contributed by atoms with Crippen LogP contribution in [-0.2, 0) is 0 Å². The molecule has 1 fully saturated rings. The van der Waals surface area contributed by atoms with Gasteiger partial charge in [0.25, 0.3) is 0 Å². The molecule has 2 nitrogen and oxygen atoms in total. The fraction of sp³-hybridized carbons (Fsp3) is 0.733. The highest BCUT2D eigenvalue weighted by atomic mass is 32.1. The van der Waals surface area contributed by atoms with Gasteiger partial charge in [0.2, 0.25) is 0 Å². The van der Waals surface area contributed by atoms with Gasteiger partial charge in [-0.05, 0) is 30.2 Å². The van der Waals surface area contributed by atoms with Gasteiger partial charge >= 0.3 is 0 Å². The molecule has 1 aromatic rings. The summed E-state index contributed by atoms with van der Waals surface area (Å²) in [7, 11) is 0. The summed E-state index contributed by atoms with van der Waals surface area (Å²) in [6.07, 6.45) is 5.53. The van der Waals surface area contributed by atoms with Crippen molar-refractivity contribution in [2.45, 2.75) is 57.6 Å². The van der Waals surface area contributed by atoms with Crippen LogP contribution in [0, 0.1) is 5.92 Å². The molecule has 2 N–H and O–H groups in total. The monoisotopic (exact) mass is 267 g/mol. The van der Waals surface area contributed by atoms with Crippen molar-refractivity contribution < 1.29 is 5.11 Å². The summed E-state index contributed by atoms with van der Waals surface area (Å²) in [6.45, 7) is 5.21. The third-order valence-electron chi connectivity index (χ3n) is 3.95. The van der Waals surface area contributed by atoms with E-state index in [2.05, 4.69) is 36.7 Å². The Balaban J connectivity index is 1.93. The van der Waals surface area contributed by atoms with E-state index >= 15 is 0 Å². The van der Waals surface area contributed by atoms with Crippen molar-refractivity contribution >= 4 is 11.3 Å². The summed E-state index contributed by atoms with van der Waals surface area (Å²) < 4.78 is 0. The Morgan fingerprint density at radius 1 is 1.33 bits per heavy atom. The maximum Gasteiger partial charge on any atom is 0.0771 e. The summed E-state index contributed by atoms with van der Waals surface area (Å²) in [5.74, 6) is 0.552. The van der Waals surface area contributed by atoms with Crippen molar-refractivity contribution in [1.29, 1.82) is 0 Å². The zero-order chi connectivity index (χ0) is 13.0. The molecule has 3 heteroatoms. The molecule has 1 aliphatic carbocycles. The van der Waals surface area contributed by atoms with Crippen molar-refractivity contribution in [3.63, 3.8) is 0 Å². The summed E-state index contributed by atoms with van der Waals surface area (Å²) >= 11 is 1.80. The van der Waals surface area contributed by atoms with Crippen LogP contribution < -0.4 is 5.32 Å². The molecule has 0 saturated heterocycles. The molecule has 1 atom stereocenters. The van der Waals surface area contributed by atoms with Crippen molar-refractivity contribution in [3.05, 3.63) is 22.4 Å². The number of aliphatic hydroxyl groups is 1. The van der Waals surface area contributed by atoms with Gasteiger partial charge in [0, 0.05) is 17.5 Å². The fourth-order valence-electron chi connectivity index (χ4n) is 2.82. The van der Waals surface area contributed by atoms with Gasteiger partial charge in [-0.1, -0.05) is 39.2 Å². The van der Waals surface area contributed by atoms with E-state index in [9.17, 15) is 5.11 Å². The maximum absolute atomic E-state index is 10.5. The minimum atomic E-state index is -0.470. The van der Waals surface area contributed by atoms with Crippen LogP contribution in [-0.4, -0.2) is 17.3 Å². The van der Waals surface area contributed by atoms with Gasteiger partial charge in [0.15, 0.2) is 0 Å². The van der Waals surface area contributed by atoms with Gasteiger partial charge in [0.1, 0.15) is 0 Å². The Hall–Kier alpha value is -0.380. The normalized spacial score (nSPS) is 21.1. The Morgan fingerprint density at radius 3 is 2.61 bits per heavy atom. The first kappa shape index (κ1) is 14.0. The highest BCUT2D eigenvalue weighted by Gasteiger charge is 2.30. The number of hydrogen-bond acceptors (Lipinski definition) is 3. The molecule has 0 radical (unpaired) electrons. The van der Waals surface area contributed by atoms with Crippen LogP contribution in [0.3, 0.4) is 0 Å². The van der Waals surface area contributed by atoms with E-state index in [0.29, 0.717) is 12.0 Å². The highest BCUT2D eigenvalue weighted by molar-refractivity contribution is 7.10. The average molecular weight is 267 g/mol. The molecule has 18 heavy (non-hydrogen) atoms. The molecule has 102 valence electrons. The van der Waals surface area contributed by atoms with E-state index in [1.54, 1.807) is 11.3 Å². The van der Waals surface area contributed by atoms with Crippen LogP contribution in [0.25, 0.3) is 0 Å². The van der Waals surface area contributed by atoms with E-state index in [0.717, 1.165) is 19.4 Å². The van der Waals surface area contributed by atoms with E-state index in [1.165, 1.54) is 24.1 Å². The number of rotatable bonds is 5.